The van der Waals surface area contributed by atoms with Crippen molar-refractivity contribution in [2.75, 3.05) is 30.4 Å². The van der Waals surface area contributed by atoms with E-state index < -0.39 is 5.97 Å². The summed E-state index contributed by atoms with van der Waals surface area (Å²) in [6, 6.07) is 14.4. The van der Waals surface area contributed by atoms with Crippen molar-refractivity contribution in [3.05, 3.63) is 59.7 Å². The largest absolute Gasteiger partial charge is 0.465 e. The third-order valence-electron chi connectivity index (χ3n) is 4.67. The molecule has 0 spiro atoms. The summed E-state index contributed by atoms with van der Waals surface area (Å²) in [7, 11) is 1.34. The van der Waals surface area contributed by atoms with Gasteiger partial charge >= 0.3 is 5.97 Å². The van der Waals surface area contributed by atoms with Gasteiger partial charge in [0.15, 0.2) is 0 Å². The standard InChI is InChI=1S/C21H24N2O3/c1-26-21(25)17-12-10-16(11-13-17)20(24)22-18-8-4-5-9-19(18)23-14-6-2-3-7-15-23/h4-5,8-13H,2-3,6-7,14-15H2,1H3,(H,22,24). The predicted molar refractivity (Wildman–Crippen MR) is 103 cm³/mol. The molecule has 1 amide bonds. The highest BCUT2D eigenvalue weighted by Gasteiger charge is 2.15. The van der Waals surface area contributed by atoms with E-state index in [2.05, 4.69) is 21.0 Å². The molecule has 0 radical (unpaired) electrons. The molecule has 26 heavy (non-hydrogen) atoms. The van der Waals surface area contributed by atoms with Crippen LogP contribution in [0.4, 0.5) is 11.4 Å². The minimum Gasteiger partial charge on any atom is -0.465 e. The summed E-state index contributed by atoms with van der Waals surface area (Å²) in [6.07, 6.45) is 4.88. The van der Waals surface area contributed by atoms with E-state index in [1.165, 1.54) is 32.8 Å². The Morgan fingerprint density at radius 2 is 1.50 bits per heavy atom. The first kappa shape index (κ1) is 18.0. The van der Waals surface area contributed by atoms with Crippen molar-refractivity contribution < 1.29 is 14.3 Å². The molecule has 2 aromatic carbocycles. The maximum atomic E-state index is 12.6. The highest BCUT2D eigenvalue weighted by Crippen LogP contribution is 2.28. The number of ether oxygens (including phenoxy) is 1. The molecule has 1 heterocycles. The minimum atomic E-state index is -0.413. The van der Waals surface area contributed by atoms with Gasteiger partial charge in [0.1, 0.15) is 0 Å². The zero-order valence-electron chi connectivity index (χ0n) is 15.0. The van der Waals surface area contributed by atoms with Gasteiger partial charge in [0, 0.05) is 18.7 Å². The molecule has 0 aliphatic carbocycles. The number of nitrogens with zero attached hydrogens (tertiary/aromatic N) is 1. The Hall–Kier alpha value is -2.82. The predicted octanol–water partition coefficient (Wildman–Crippen LogP) is 4.11. The Kier molecular flexibility index (Phi) is 5.89. The topological polar surface area (TPSA) is 58.6 Å². The second kappa shape index (κ2) is 8.52. The number of benzene rings is 2. The molecule has 0 unspecified atom stereocenters. The second-order valence-corrected chi connectivity index (χ2v) is 6.44. The average molecular weight is 352 g/mol. The van der Waals surface area contributed by atoms with Crippen molar-refractivity contribution in [3.63, 3.8) is 0 Å². The summed E-state index contributed by atoms with van der Waals surface area (Å²) < 4.78 is 4.68. The maximum absolute atomic E-state index is 12.6. The molecule has 5 heteroatoms. The molecule has 1 aliphatic heterocycles. The first-order valence-electron chi connectivity index (χ1n) is 9.03. The Bertz CT molecular complexity index is 763. The highest BCUT2D eigenvalue weighted by molar-refractivity contribution is 6.06. The number of amides is 1. The SMILES string of the molecule is COC(=O)c1ccc(C(=O)Nc2ccccc2N2CCCCCC2)cc1. The van der Waals surface area contributed by atoms with Crippen molar-refractivity contribution in [1.29, 1.82) is 0 Å². The van der Waals surface area contributed by atoms with E-state index in [1.54, 1.807) is 24.3 Å². The van der Waals surface area contributed by atoms with E-state index in [0.29, 0.717) is 11.1 Å². The first-order valence-corrected chi connectivity index (χ1v) is 9.03. The van der Waals surface area contributed by atoms with Gasteiger partial charge in [-0.2, -0.15) is 0 Å². The molecular weight excluding hydrogens is 328 g/mol. The lowest BCUT2D eigenvalue weighted by atomic mass is 10.1. The number of carbonyl (C=O) groups excluding carboxylic acids is 2. The molecule has 0 aromatic heterocycles. The summed E-state index contributed by atoms with van der Waals surface area (Å²) in [6.45, 7) is 2.03. The fraction of sp³-hybridized carbons (Fsp3) is 0.333. The molecule has 5 nitrogen and oxygen atoms in total. The molecule has 0 bridgehead atoms. The Labute approximate surface area is 154 Å². The van der Waals surface area contributed by atoms with Crippen LogP contribution in [-0.4, -0.2) is 32.1 Å². The lowest BCUT2D eigenvalue weighted by Gasteiger charge is -2.25. The van der Waals surface area contributed by atoms with Gasteiger partial charge < -0.3 is 15.0 Å². The van der Waals surface area contributed by atoms with Gasteiger partial charge in [0.2, 0.25) is 0 Å². The maximum Gasteiger partial charge on any atom is 0.337 e. The van der Waals surface area contributed by atoms with Crippen LogP contribution in [0.1, 0.15) is 46.4 Å². The van der Waals surface area contributed by atoms with Gasteiger partial charge in [0.25, 0.3) is 5.91 Å². The van der Waals surface area contributed by atoms with E-state index >= 15 is 0 Å². The molecule has 3 rings (SSSR count). The molecular formula is C21H24N2O3. The highest BCUT2D eigenvalue weighted by atomic mass is 16.5. The van der Waals surface area contributed by atoms with Crippen LogP contribution in [0.25, 0.3) is 0 Å². The Balaban J connectivity index is 1.76. The van der Waals surface area contributed by atoms with Gasteiger partial charge in [-0.1, -0.05) is 25.0 Å². The molecule has 1 saturated heterocycles. The third kappa shape index (κ3) is 4.23. The summed E-state index contributed by atoms with van der Waals surface area (Å²) >= 11 is 0. The number of esters is 1. The lowest BCUT2D eigenvalue weighted by Crippen LogP contribution is -2.25. The second-order valence-electron chi connectivity index (χ2n) is 6.44. The smallest absolute Gasteiger partial charge is 0.337 e. The van der Waals surface area contributed by atoms with E-state index in [0.717, 1.165) is 24.5 Å². The molecule has 1 aliphatic rings. The van der Waals surface area contributed by atoms with Crippen molar-refractivity contribution in [2.45, 2.75) is 25.7 Å². The number of methoxy groups -OCH3 is 1. The quantitative estimate of drug-likeness (QED) is 0.842. The van der Waals surface area contributed by atoms with Crippen molar-refractivity contribution in [3.8, 4) is 0 Å². The van der Waals surface area contributed by atoms with Gasteiger partial charge in [-0.15, -0.1) is 0 Å². The van der Waals surface area contributed by atoms with E-state index in [9.17, 15) is 9.59 Å². The van der Waals surface area contributed by atoms with Gasteiger partial charge in [-0.05, 0) is 49.2 Å². The summed E-state index contributed by atoms with van der Waals surface area (Å²) in [5.41, 5.74) is 2.81. The molecule has 0 saturated carbocycles. The monoisotopic (exact) mass is 352 g/mol. The molecule has 2 aromatic rings. The van der Waals surface area contributed by atoms with Crippen molar-refractivity contribution >= 4 is 23.3 Å². The average Bonchev–Trinajstić information content (AvgIpc) is 2.97. The van der Waals surface area contributed by atoms with Crippen LogP contribution in [0.3, 0.4) is 0 Å². The number of para-hydroxylation sites is 2. The molecule has 1 N–H and O–H groups in total. The number of hydrogen-bond acceptors (Lipinski definition) is 4. The number of anilines is 2. The first-order chi connectivity index (χ1) is 12.7. The van der Waals surface area contributed by atoms with Crippen molar-refractivity contribution in [1.82, 2.24) is 0 Å². The van der Waals surface area contributed by atoms with Gasteiger partial charge in [-0.25, -0.2) is 4.79 Å². The zero-order chi connectivity index (χ0) is 18.4. The fourth-order valence-electron chi connectivity index (χ4n) is 3.24. The Morgan fingerprint density at radius 3 is 2.15 bits per heavy atom. The Morgan fingerprint density at radius 1 is 0.885 bits per heavy atom. The van der Waals surface area contributed by atoms with Crippen LogP contribution < -0.4 is 10.2 Å². The van der Waals surface area contributed by atoms with Crippen LogP contribution in [0.5, 0.6) is 0 Å². The number of nitrogens with one attached hydrogen (secondary N) is 1. The van der Waals surface area contributed by atoms with E-state index in [4.69, 9.17) is 0 Å². The van der Waals surface area contributed by atoms with Crippen LogP contribution in [-0.2, 0) is 4.74 Å². The fourth-order valence-corrected chi connectivity index (χ4v) is 3.24. The zero-order valence-corrected chi connectivity index (χ0v) is 15.0. The number of hydrogen-bond donors (Lipinski definition) is 1. The number of rotatable bonds is 4. The van der Waals surface area contributed by atoms with E-state index in [1.807, 2.05) is 18.2 Å². The van der Waals surface area contributed by atoms with Crippen LogP contribution in [0.2, 0.25) is 0 Å². The van der Waals surface area contributed by atoms with Crippen LogP contribution >= 0.6 is 0 Å². The van der Waals surface area contributed by atoms with E-state index in [-0.39, 0.29) is 5.91 Å². The summed E-state index contributed by atoms with van der Waals surface area (Å²) in [5, 5.41) is 3.01. The van der Waals surface area contributed by atoms with Crippen LogP contribution in [0, 0.1) is 0 Å². The van der Waals surface area contributed by atoms with Crippen molar-refractivity contribution in [2.24, 2.45) is 0 Å². The minimum absolute atomic E-state index is 0.191. The summed E-state index contributed by atoms with van der Waals surface area (Å²) in [5.74, 6) is -0.604. The van der Waals surface area contributed by atoms with Gasteiger partial charge in [0.05, 0.1) is 24.0 Å². The third-order valence-corrected chi connectivity index (χ3v) is 4.67. The lowest BCUT2D eigenvalue weighted by molar-refractivity contribution is 0.0600. The molecule has 0 atom stereocenters. The summed E-state index contributed by atoms with van der Waals surface area (Å²) in [4.78, 5) is 26.5. The normalized spacial score (nSPS) is 14.4. The molecule has 136 valence electrons. The van der Waals surface area contributed by atoms with Gasteiger partial charge in [-0.3, -0.25) is 4.79 Å². The van der Waals surface area contributed by atoms with Crippen LogP contribution in [0.15, 0.2) is 48.5 Å². The number of carbonyl (C=O) groups is 2. The molecule has 1 fully saturated rings.